The molecule has 1 heterocycles. The van der Waals surface area contributed by atoms with Gasteiger partial charge in [-0.1, -0.05) is 24.6 Å². The molecule has 0 saturated heterocycles. The standard InChI is InChI=1S/C17H22N2OS/c1-4-9-18-16-8-7-13(2)11-15(16)17(20)19(3)12-14-6-5-10-21-14/h5-8,10-11,18H,4,9,12H2,1-3H3. The number of hydrogen-bond acceptors (Lipinski definition) is 3. The first-order chi connectivity index (χ1) is 10.1. The van der Waals surface area contributed by atoms with Gasteiger partial charge in [0.15, 0.2) is 0 Å². The van der Waals surface area contributed by atoms with Crippen LogP contribution in [0.4, 0.5) is 5.69 Å². The van der Waals surface area contributed by atoms with Crippen molar-refractivity contribution in [3.05, 3.63) is 51.7 Å². The van der Waals surface area contributed by atoms with Crippen LogP contribution in [0.3, 0.4) is 0 Å². The smallest absolute Gasteiger partial charge is 0.256 e. The molecule has 2 aromatic rings. The van der Waals surface area contributed by atoms with Gasteiger partial charge in [0.25, 0.3) is 5.91 Å². The maximum absolute atomic E-state index is 12.7. The van der Waals surface area contributed by atoms with Crippen molar-refractivity contribution < 1.29 is 4.79 Å². The SMILES string of the molecule is CCCNc1ccc(C)cc1C(=O)N(C)Cc1cccs1. The Bertz CT molecular complexity index is 593. The number of thiophene rings is 1. The Balaban J connectivity index is 2.18. The molecule has 3 nitrogen and oxygen atoms in total. The van der Waals surface area contributed by atoms with Crippen LogP contribution in [-0.4, -0.2) is 24.4 Å². The van der Waals surface area contributed by atoms with E-state index in [0.717, 1.165) is 29.8 Å². The molecule has 1 aromatic heterocycles. The highest BCUT2D eigenvalue weighted by Gasteiger charge is 2.16. The van der Waals surface area contributed by atoms with E-state index in [9.17, 15) is 4.79 Å². The fraction of sp³-hybridized carbons (Fsp3) is 0.353. The number of anilines is 1. The van der Waals surface area contributed by atoms with Crippen LogP contribution in [0, 0.1) is 6.92 Å². The minimum absolute atomic E-state index is 0.0608. The summed E-state index contributed by atoms with van der Waals surface area (Å²) in [5.74, 6) is 0.0608. The minimum atomic E-state index is 0.0608. The molecule has 0 aliphatic carbocycles. The van der Waals surface area contributed by atoms with Gasteiger partial charge in [0.2, 0.25) is 0 Å². The summed E-state index contributed by atoms with van der Waals surface area (Å²) in [7, 11) is 1.86. The van der Waals surface area contributed by atoms with E-state index < -0.39 is 0 Å². The maximum Gasteiger partial charge on any atom is 0.256 e. The molecule has 1 N–H and O–H groups in total. The molecule has 0 radical (unpaired) electrons. The van der Waals surface area contributed by atoms with Crippen LogP contribution < -0.4 is 5.32 Å². The van der Waals surface area contributed by atoms with E-state index in [1.54, 1.807) is 16.2 Å². The summed E-state index contributed by atoms with van der Waals surface area (Å²) in [6.45, 7) is 5.65. The Morgan fingerprint density at radius 3 is 2.81 bits per heavy atom. The van der Waals surface area contributed by atoms with E-state index in [1.807, 2.05) is 43.6 Å². The molecule has 0 bridgehead atoms. The molecular formula is C17H22N2OS. The molecule has 0 aliphatic heterocycles. The monoisotopic (exact) mass is 302 g/mol. The highest BCUT2D eigenvalue weighted by Crippen LogP contribution is 2.21. The van der Waals surface area contributed by atoms with E-state index in [4.69, 9.17) is 0 Å². The molecule has 21 heavy (non-hydrogen) atoms. The van der Waals surface area contributed by atoms with Crippen LogP contribution >= 0.6 is 11.3 Å². The molecule has 0 fully saturated rings. The minimum Gasteiger partial charge on any atom is -0.384 e. The fourth-order valence-electron chi connectivity index (χ4n) is 2.16. The van der Waals surface area contributed by atoms with Crippen LogP contribution in [0.1, 0.15) is 34.1 Å². The quantitative estimate of drug-likeness (QED) is 0.869. The second-order valence-electron chi connectivity index (χ2n) is 5.22. The number of carbonyl (C=O) groups excluding carboxylic acids is 1. The Labute approximate surface area is 130 Å². The van der Waals surface area contributed by atoms with Crippen molar-refractivity contribution in [2.75, 3.05) is 18.9 Å². The van der Waals surface area contributed by atoms with Crippen molar-refractivity contribution >= 4 is 22.9 Å². The zero-order valence-corrected chi connectivity index (χ0v) is 13.7. The Morgan fingerprint density at radius 1 is 1.33 bits per heavy atom. The highest BCUT2D eigenvalue weighted by molar-refractivity contribution is 7.09. The molecule has 0 spiro atoms. The van der Waals surface area contributed by atoms with Crippen LogP contribution in [0.15, 0.2) is 35.7 Å². The molecule has 2 rings (SSSR count). The van der Waals surface area contributed by atoms with Gasteiger partial charge < -0.3 is 10.2 Å². The predicted octanol–water partition coefficient (Wildman–Crippen LogP) is 4.15. The fourth-order valence-corrected chi connectivity index (χ4v) is 2.92. The van der Waals surface area contributed by atoms with E-state index in [2.05, 4.69) is 18.3 Å². The average molecular weight is 302 g/mol. The van der Waals surface area contributed by atoms with E-state index >= 15 is 0 Å². The first-order valence-electron chi connectivity index (χ1n) is 7.24. The van der Waals surface area contributed by atoms with Crippen LogP contribution in [0.5, 0.6) is 0 Å². The maximum atomic E-state index is 12.7. The molecule has 0 atom stereocenters. The number of nitrogens with one attached hydrogen (secondary N) is 1. The number of nitrogens with zero attached hydrogens (tertiary/aromatic N) is 1. The summed E-state index contributed by atoms with van der Waals surface area (Å²) < 4.78 is 0. The molecular weight excluding hydrogens is 280 g/mol. The largest absolute Gasteiger partial charge is 0.384 e. The summed E-state index contributed by atoms with van der Waals surface area (Å²) in [6, 6.07) is 10.1. The van der Waals surface area contributed by atoms with Crippen molar-refractivity contribution in [1.82, 2.24) is 4.90 Å². The topological polar surface area (TPSA) is 32.3 Å². The molecule has 1 amide bonds. The summed E-state index contributed by atoms with van der Waals surface area (Å²) in [5, 5.41) is 5.38. The molecule has 4 heteroatoms. The second kappa shape index (κ2) is 7.27. The number of hydrogen-bond donors (Lipinski definition) is 1. The van der Waals surface area contributed by atoms with Crippen molar-refractivity contribution in [2.24, 2.45) is 0 Å². The average Bonchev–Trinajstić information content (AvgIpc) is 2.98. The van der Waals surface area contributed by atoms with Gasteiger partial charge in [0, 0.05) is 24.2 Å². The third kappa shape index (κ3) is 4.08. The van der Waals surface area contributed by atoms with Crippen LogP contribution in [0.25, 0.3) is 0 Å². The van der Waals surface area contributed by atoms with Gasteiger partial charge in [-0.05, 0) is 36.9 Å². The van der Waals surface area contributed by atoms with E-state index in [-0.39, 0.29) is 5.91 Å². The van der Waals surface area contributed by atoms with Crippen molar-refractivity contribution in [1.29, 1.82) is 0 Å². The molecule has 1 aromatic carbocycles. The number of benzene rings is 1. The third-order valence-electron chi connectivity index (χ3n) is 3.29. The zero-order valence-electron chi connectivity index (χ0n) is 12.8. The van der Waals surface area contributed by atoms with E-state index in [0.29, 0.717) is 6.54 Å². The van der Waals surface area contributed by atoms with E-state index in [1.165, 1.54) is 4.88 Å². The lowest BCUT2D eigenvalue weighted by Crippen LogP contribution is -2.26. The Morgan fingerprint density at radius 2 is 2.14 bits per heavy atom. The van der Waals surface area contributed by atoms with Crippen LogP contribution in [-0.2, 0) is 6.54 Å². The van der Waals surface area contributed by atoms with Crippen molar-refractivity contribution in [3.63, 3.8) is 0 Å². The van der Waals surface area contributed by atoms with Gasteiger partial charge in [-0.25, -0.2) is 0 Å². The Hall–Kier alpha value is -1.81. The Kier molecular flexibility index (Phi) is 5.39. The first kappa shape index (κ1) is 15.6. The zero-order chi connectivity index (χ0) is 15.2. The normalized spacial score (nSPS) is 10.4. The highest BCUT2D eigenvalue weighted by atomic mass is 32.1. The summed E-state index contributed by atoms with van der Waals surface area (Å²) >= 11 is 1.68. The first-order valence-corrected chi connectivity index (χ1v) is 8.12. The lowest BCUT2D eigenvalue weighted by molar-refractivity contribution is 0.0787. The third-order valence-corrected chi connectivity index (χ3v) is 4.15. The number of rotatable bonds is 6. The van der Waals surface area contributed by atoms with Gasteiger partial charge in [-0.2, -0.15) is 0 Å². The van der Waals surface area contributed by atoms with Gasteiger partial charge in [-0.15, -0.1) is 11.3 Å². The summed E-state index contributed by atoms with van der Waals surface area (Å²) in [6.07, 6.45) is 1.03. The van der Waals surface area contributed by atoms with Crippen molar-refractivity contribution in [2.45, 2.75) is 26.8 Å². The van der Waals surface area contributed by atoms with Gasteiger partial charge >= 0.3 is 0 Å². The van der Waals surface area contributed by atoms with Gasteiger partial charge in [0.05, 0.1) is 12.1 Å². The lowest BCUT2D eigenvalue weighted by atomic mass is 10.1. The lowest BCUT2D eigenvalue weighted by Gasteiger charge is -2.19. The van der Waals surface area contributed by atoms with Crippen LogP contribution in [0.2, 0.25) is 0 Å². The number of carbonyl (C=O) groups is 1. The van der Waals surface area contributed by atoms with Gasteiger partial charge in [0.1, 0.15) is 0 Å². The number of amides is 1. The predicted molar refractivity (Wildman–Crippen MR) is 90.1 cm³/mol. The second-order valence-corrected chi connectivity index (χ2v) is 6.25. The molecule has 0 unspecified atom stereocenters. The summed E-state index contributed by atoms with van der Waals surface area (Å²) in [5.41, 5.74) is 2.78. The molecule has 0 saturated carbocycles. The molecule has 0 aliphatic rings. The molecule has 112 valence electrons. The summed E-state index contributed by atoms with van der Waals surface area (Å²) in [4.78, 5) is 15.7. The van der Waals surface area contributed by atoms with Crippen molar-refractivity contribution in [3.8, 4) is 0 Å². The van der Waals surface area contributed by atoms with Gasteiger partial charge in [-0.3, -0.25) is 4.79 Å². The number of aryl methyl sites for hydroxylation is 1.